The fourth-order valence-electron chi connectivity index (χ4n) is 1.60. The molecule has 0 aromatic carbocycles. The molecule has 2 N–H and O–H groups in total. The van der Waals surface area contributed by atoms with Gasteiger partial charge in [-0.1, -0.05) is 20.8 Å². The molecule has 1 fully saturated rings. The fraction of sp³-hybridized carbons (Fsp3) is 0.909. The molecule has 1 rings (SSSR count). The lowest BCUT2D eigenvalue weighted by Gasteiger charge is -2.43. The van der Waals surface area contributed by atoms with Gasteiger partial charge in [0.25, 0.3) is 0 Å². The lowest BCUT2D eigenvalue weighted by Crippen LogP contribution is -2.57. The zero-order valence-corrected chi connectivity index (χ0v) is 9.66. The van der Waals surface area contributed by atoms with E-state index in [1.807, 2.05) is 18.7 Å². The third-order valence-corrected chi connectivity index (χ3v) is 3.35. The Morgan fingerprint density at radius 1 is 1.29 bits per heavy atom. The number of hydrogen-bond acceptors (Lipinski definition) is 2. The molecule has 0 aliphatic carbocycles. The number of amides is 1. The van der Waals surface area contributed by atoms with E-state index in [9.17, 15) is 4.79 Å². The van der Waals surface area contributed by atoms with Crippen molar-refractivity contribution in [1.29, 1.82) is 0 Å². The average Bonchev–Trinajstić information content (AvgIpc) is 1.98. The first kappa shape index (κ1) is 11.5. The molecule has 82 valence electrons. The molecule has 1 aliphatic rings. The van der Waals surface area contributed by atoms with Crippen LogP contribution in [0.3, 0.4) is 0 Å². The van der Waals surface area contributed by atoms with Crippen molar-refractivity contribution in [2.45, 2.75) is 33.7 Å². The Balaban J connectivity index is 2.36. The molecule has 3 heteroatoms. The van der Waals surface area contributed by atoms with Crippen molar-refractivity contribution in [2.24, 2.45) is 23.5 Å². The van der Waals surface area contributed by atoms with Crippen LogP contribution in [0.1, 0.15) is 27.7 Å². The number of rotatable bonds is 3. The molecule has 0 radical (unpaired) electrons. The monoisotopic (exact) mass is 198 g/mol. The van der Waals surface area contributed by atoms with Crippen LogP contribution in [0.25, 0.3) is 0 Å². The fourth-order valence-corrected chi connectivity index (χ4v) is 1.60. The maximum atomic E-state index is 11.8. The summed E-state index contributed by atoms with van der Waals surface area (Å²) < 4.78 is 0. The largest absolute Gasteiger partial charge is 0.342 e. The van der Waals surface area contributed by atoms with E-state index < -0.39 is 0 Å². The van der Waals surface area contributed by atoms with E-state index in [2.05, 4.69) is 13.8 Å². The van der Waals surface area contributed by atoms with Gasteiger partial charge in [0, 0.05) is 31.0 Å². The molecular weight excluding hydrogens is 176 g/mol. The number of carbonyl (C=O) groups is 1. The number of carbonyl (C=O) groups excluding carboxylic acids is 1. The summed E-state index contributed by atoms with van der Waals surface area (Å²) in [5.41, 5.74) is 5.76. The van der Waals surface area contributed by atoms with Crippen LogP contribution in [0.4, 0.5) is 0 Å². The van der Waals surface area contributed by atoms with E-state index in [-0.39, 0.29) is 17.9 Å². The van der Waals surface area contributed by atoms with E-state index in [0.29, 0.717) is 11.8 Å². The van der Waals surface area contributed by atoms with Gasteiger partial charge in [0.15, 0.2) is 0 Å². The minimum atomic E-state index is 0.143. The summed E-state index contributed by atoms with van der Waals surface area (Å²) in [4.78, 5) is 13.7. The Labute approximate surface area is 86.6 Å². The van der Waals surface area contributed by atoms with Gasteiger partial charge in [-0.25, -0.2) is 0 Å². The van der Waals surface area contributed by atoms with Crippen LogP contribution in [0.5, 0.6) is 0 Å². The lowest BCUT2D eigenvalue weighted by molar-refractivity contribution is -0.143. The molecule has 2 unspecified atom stereocenters. The summed E-state index contributed by atoms with van der Waals surface area (Å²) in [6, 6.07) is 0.216. The topological polar surface area (TPSA) is 46.3 Å². The second-order valence-electron chi connectivity index (χ2n) is 4.90. The van der Waals surface area contributed by atoms with Crippen LogP contribution in [0, 0.1) is 17.8 Å². The number of nitrogens with two attached hydrogens (primary N) is 1. The molecule has 3 nitrogen and oxygen atoms in total. The highest BCUT2D eigenvalue weighted by Gasteiger charge is 2.35. The van der Waals surface area contributed by atoms with Gasteiger partial charge in [-0.2, -0.15) is 0 Å². The standard InChI is InChI=1S/C11H22N2O/c1-7(2)8(3)11(14)13-5-10(6-13)9(4)12/h7-10H,5-6,12H2,1-4H3. The van der Waals surface area contributed by atoms with Crippen molar-refractivity contribution in [3.63, 3.8) is 0 Å². The maximum absolute atomic E-state index is 11.8. The third-order valence-electron chi connectivity index (χ3n) is 3.35. The molecular formula is C11H22N2O. The molecule has 2 atom stereocenters. The summed E-state index contributed by atoms with van der Waals surface area (Å²) in [6.45, 7) is 9.91. The molecule has 0 aromatic heterocycles. The van der Waals surface area contributed by atoms with E-state index in [1.54, 1.807) is 0 Å². The Hall–Kier alpha value is -0.570. The highest BCUT2D eigenvalue weighted by Crippen LogP contribution is 2.22. The quantitative estimate of drug-likeness (QED) is 0.737. The van der Waals surface area contributed by atoms with Gasteiger partial charge in [-0.3, -0.25) is 4.79 Å². The number of nitrogens with zero attached hydrogens (tertiary/aromatic N) is 1. The van der Waals surface area contributed by atoms with Crippen molar-refractivity contribution in [2.75, 3.05) is 13.1 Å². The minimum Gasteiger partial charge on any atom is -0.342 e. The SMILES string of the molecule is CC(C)C(C)C(=O)N1CC(C(C)N)C1. The Morgan fingerprint density at radius 2 is 1.79 bits per heavy atom. The van der Waals surface area contributed by atoms with Gasteiger partial charge in [-0.15, -0.1) is 0 Å². The average molecular weight is 198 g/mol. The Bertz CT molecular complexity index is 207. The van der Waals surface area contributed by atoms with Crippen LogP contribution in [-0.4, -0.2) is 29.9 Å². The first-order valence-corrected chi connectivity index (χ1v) is 5.47. The first-order valence-electron chi connectivity index (χ1n) is 5.47. The zero-order valence-electron chi connectivity index (χ0n) is 9.66. The van der Waals surface area contributed by atoms with Crippen LogP contribution < -0.4 is 5.73 Å². The van der Waals surface area contributed by atoms with Crippen molar-refractivity contribution in [3.8, 4) is 0 Å². The smallest absolute Gasteiger partial charge is 0.225 e. The van der Waals surface area contributed by atoms with E-state index >= 15 is 0 Å². The van der Waals surface area contributed by atoms with Gasteiger partial charge < -0.3 is 10.6 Å². The summed E-state index contributed by atoms with van der Waals surface area (Å²) in [5, 5.41) is 0. The van der Waals surface area contributed by atoms with Crippen LogP contribution in [0.15, 0.2) is 0 Å². The summed E-state index contributed by atoms with van der Waals surface area (Å²) >= 11 is 0. The van der Waals surface area contributed by atoms with Crippen LogP contribution in [-0.2, 0) is 4.79 Å². The molecule has 0 saturated carbocycles. The summed E-state index contributed by atoms with van der Waals surface area (Å²) in [7, 11) is 0. The molecule has 1 amide bonds. The van der Waals surface area contributed by atoms with Gasteiger partial charge in [0.1, 0.15) is 0 Å². The maximum Gasteiger partial charge on any atom is 0.225 e. The normalized spacial score (nSPS) is 22.0. The van der Waals surface area contributed by atoms with Crippen LogP contribution >= 0.6 is 0 Å². The molecule has 1 aliphatic heterocycles. The predicted octanol–water partition coefficient (Wildman–Crippen LogP) is 1.08. The third kappa shape index (κ3) is 2.27. The molecule has 0 bridgehead atoms. The Kier molecular flexibility index (Phi) is 3.53. The van der Waals surface area contributed by atoms with Crippen molar-refractivity contribution < 1.29 is 4.79 Å². The van der Waals surface area contributed by atoms with Crippen LogP contribution in [0.2, 0.25) is 0 Å². The number of hydrogen-bond donors (Lipinski definition) is 1. The highest BCUT2D eigenvalue weighted by molar-refractivity contribution is 5.79. The van der Waals surface area contributed by atoms with Gasteiger partial charge in [0.2, 0.25) is 5.91 Å². The summed E-state index contributed by atoms with van der Waals surface area (Å²) in [5.74, 6) is 1.37. The highest BCUT2D eigenvalue weighted by atomic mass is 16.2. The Morgan fingerprint density at radius 3 is 2.14 bits per heavy atom. The molecule has 0 spiro atoms. The first-order chi connectivity index (χ1) is 6.43. The molecule has 14 heavy (non-hydrogen) atoms. The summed E-state index contributed by atoms with van der Waals surface area (Å²) in [6.07, 6.45) is 0. The molecule has 0 aromatic rings. The lowest BCUT2D eigenvalue weighted by atomic mass is 9.89. The van der Waals surface area contributed by atoms with Gasteiger partial charge >= 0.3 is 0 Å². The number of likely N-dealkylation sites (tertiary alicyclic amines) is 1. The second kappa shape index (κ2) is 4.30. The van der Waals surface area contributed by atoms with E-state index in [4.69, 9.17) is 5.73 Å². The molecule has 1 heterocycles. The van der Waals surface area contributed by atoms with Gasteiger partial charge in [0.05, 0.1) is 0 Å². The van der Waals surface area contributed by atoms with Crippen molar-refractivity contribution in [3.05, 3.63) is 0 Å². The van der Waals surface area contributed by atoms with E-state index in [0.717, 1.165) is 13.1 Å². The minimum absolute atomic E-state index is 0.143. The zero-order chi connectivity index (χ0) is 10.9. The van der Waals surface area contributed by atoms with Crippen molar-refractivity contribution in [1.82, 2.24) is 4.90 Å². The predicted molar refractivity (Wildman–Crippen MR) is 57.7 cm³/mol. The molecule has 1 saturated heterocycles. The van der Waals surface area contributed by atoms with Gasteiger partial charge in [-0.05, 0) is 12.8 Å². The van der Waals surface area contributed by atoms with E-state index in [1.165, 1.54) is 0 Å². The second-order valence-corrected chi connectivity index (χ2v) is 4.90. The van der Waals surface area contributed by atoms with Crippen molar-refractivity contribution >= 4 is 5.91 Å².